The number of carbonyl (C=O) groups is 3. The van der Waals surface area contributed by atoms with Crippen LogP contribution in [-0.2, 0) is 9.59 Å². The molecule has 0 aliphatic heterocycles. The van der Waals surface area contributed by atoms with Gasteiger partial charge in [-0.3, -0.25) is 9.59 Å². The minimum atomic E-state index is -1.51. The van der Waals surface area contributed by atoms with E-state index in [2.05, 4.69) is 10.6 Å². The van der Waals surface area contributed by atoms with Crippen LogP contribution < -0.4 is 10.6 Å². The molecule has 2 atom stereocenters. The van der Waals surface area contributed by atoms with E-state index >= 15 is 0 Å². The maximum Gasteiger partial charge on any atom is 0.332 e. The molecule has 2 amide bonds. The molecule has 4 N–H and O–H groups in total. The van der Waals surface area contributed by atoms with Crippen LogP contribution in [0.4, 0.5) is 0 Å². The summed E-state index contributed by atoms with van der Waals surface area (Å²) in [6.07, 6.45) is -1.60. The Kier molecular flexibility index (Phi) is 6.13. The molecule has 0 radical (unpaired) electrons. The molecule has 1 aromatic rings. The molecule has 7 nitrogen and oxygen atoms in total. The number of carboxylic acid groups (broad SMARTS) is 1. The standard InChI is InChI=1S/C12H16N2O5S/c1-7(14-11(17)9-3-2-6-20-9)10(16)13-5-4-8(15)12(18)19/h2-3,6-8,15H,4-5H2,1H3,(H,13,16)(H,14,17)(H,18,19)/t7?,8-/m0/s1. The van der Waals surface area contributed by atoms with Crippen molar-refractivity contribution >= 4 is 29.1 Å². The Morgan fingerprint density at radius 3 is 2.65 bits per heavy atom. The predicted molar refractivity (Wildman–Crippen MR) is 72.5 cm³/mol. The van der Waals surface area contributed by atoms with Crippen molar-refractivity contribution in [2.24, 2.45) is 0 Å². The maximum absolute atomic E-state index is 11.7. The summed E-state index contributed by atoms with van der Waals surface area (Å²) in [5, 5.41) is 24.2. The number of aliphatic hydroxyl groups is 1. The Morgan fingerprint density at radius 1 is 1.40 bits per heavy atom. The Bertz CT molecular complexity index is 474. The van der Waals surface area contributed by atoms with Gasteiger partial charge in [0, 0.05) is 13.0 Å². The number of nitrogens with one attached hydrogen (secondary N) is 2. The summed E-state index contributed by atoms with van der Waals surface area (Å²) in [4.78, 5) is 34.2. The molecule has 8 heteroatoms. The molecule has 0 bridgehead atoms. The van der Waals surface area contributed by atoms with E-state index in [1.807, 2.05) is 0 Å². The van der Waals surface area contributed by atoms with Crippen molar-refractivity contribution < 1.29 is 24.6 Å². The molecule has 0 spiro atoms. The van der Waals surface area contributed by atoms with E-state index in [1.165, 1.54) is 18.3 Å². The van der Waals surface area contributed by atoms with Gasteiger partial charge in [-0.25, -0.2) is 4.79 Å². The number of rotatable bonds is 7. The molecule has 0 aliphatic carbocycles. The second kappa shape index (κ2) is 7.61. The van der Waals surface area contributed by atoms with Crippen LogP contribution in [0.15, 0.2) is 17.5 Å². The lowest BCUT2D eigenvalue weighted by Gasteiger charge is -2.14. The Morgan fingerprint density at radius 2 is 2.10 bits per heavy atom. The quantitative estimate of drug-likeness (QED) is 0.557. The third kappa shape index (κ3) is 4.98. The lowest BCUT2D eigenvalue weighted by atomic mass is 10.2. The summed E-state index contributed by atoms with van der Waals surface area (Å²) in [6.45, 7) is 1.54. The first kappa shape index (κ1) is 16.1. The zero-order valence-electron chi connectivity index (χ0n) is 10.8. The smallest absolute Gasteiger partial charge is 0.332 e. The number of hydrogen-bond acceptors (Lipinski definition) is 5. The highest BCUT2D eigenvalue weighted by Gasteiger charge is 2.18. The number of carbonyl (C=O) groups excluding carboxylic acids is 2. The van der Waals surface area contributed by atoms with Crippen LogP contribution in [0.3, 0.4) is 0 Å². The minimum Gasteiger partial charge on any atom is -0.479 e. The van der Waals surface area contributed by atoms with Gasteiger partial charge in [-0.05, 0) is 18.4 Å². The van der Waals surface area contributed by atoms with Crippen LogP contribution >= 0.6 is 11.3 Å². The van der Waals surface area contributed by atoms with Gasteiger partial charge in [-0.1, -0.05) is 6.07 Å². The van der Waals surface area contributed by atoms with Crippen molar-refractivity contribution in [3.05, 3.63) is 22.4 Å². The van der Waals surface area contributed by atoms with Crippen LogP contribution in [0.1, 0.15) is 23.0 Å². The van der Waals surface area contributed by atoms with Crippen molar-refractivity contribution in [1.82, 2.24) is 10.6 Å². The van der Waals surface area contributed by atoms with Crippen LogP contribution in [0.2, 0.25) is 0 Å². The average Bonchev–Trinajstić information content (AvgIpc) is 2.91. The Balaban J connectivity index is 2.32. The molecule has 20 heavy (non-hydrogen) atoms. The molecule has 0 saturated carbocycles. The van der Waals surface area contributed by atoms with Gasteiger partial charge in [-0.15, -0.1) is 11.3 Å². The fraction of sp³-hybridized carbons (Fsp3) is 0.417. The van der Waals surface area contributed by atoms with Gasteiger partial charge >= 0.3 is 5.97 Å². The lowest BCUT2D eigenvalue weighted by Crippen LogP contribution is -2.45. The first-order valence-corrected chi connectivity index (χ1v) is 6.82. The Hall–Kier alpha value is -1.93. The number of hydrogen-bond donors (Lipinski definition) is 4. The van der Waals surface area contributed by atoms with Gasteiger partial charge in [0.05, 0.1) is 4.88 Å². The molecule has 110 valence electrons. The highest BCUT2D eigenvalue weighted by Crippen LogP contribution is 2.08. The number of amides is 2. The maximum atomic E-state index is 11.7. The van der Waals surface area contributed by atoms with Crippen LogP contribution in [0.5, 0.6) is 0 Å². The second-order valence-electron chi connectivity index (χ2n) is 4.11. The third-order valence-corrected chi connectivity index (χ3v) is 3.36. The average molecular weight is 300 g/mol. The third-order valence-electron chi connectivity index (χ3n) is 2.49. The highest BCUT2D eigenvalue weighted by atomic mass is 32.1. The van der Waals surface area contributed by atoms with Gasteiger partial charge in [0.1, 0.15) is 6.04 Å². The van der Waals surface area contributed by atoms with E-state index in [9.17, 15) is 14.4 Å². The van der Waals surface area contributed by atoms with Crippen molar-refractivity contribution in [2.75, 3.05) is 6.54 Å². The summed E-state index contributed by atoms with van der Waals surface area (Å²) >= 11 is 1.27. The van der Waals surface area contributed by atoms with Crippen molar-refractivity contribution in [2.45, 2.75) is 25.5 Å². The number of aliphatic carboxylic acids is 1. The largest absolute Gasteiger partial charge is 0.479 e. The molecule has 1 unspecified atom stereocenters. The van der Waals surface area contributed by atoms with E-state index < -0.39 is 24.0 Å². The minimum absolute atomic E-state index is 0.0194. The van der Waals surface area contributed by atoms with Crippen molar-refractivity contribution in [3.63, 3.8) is 0 Å². The molecule has 0 saturated heterocycles. The predicted octanol–water partition coefficient (Wildman–Crippen LogP) is -0.182. The van der Waals surface area contributed by atoms with Crippen molar-refractivity contribution in [1.29, 1.82) is 0 Å². The summed E-state index contributed by atoms with van der Waals surface area (Å²) in [6, 6.07) is 2.64. The van der Waals surface area contributed by atoms with E-state index in [0.717, 1.165) is 0 Å². The Labute approximate surface area is 119 Å². The molecule has 1 rings (SSSR count). The van der Waals surface area contributed by atoms with Gasteiger partial charge in [0.15, 0.2) is 6.10 Å². The van der Waals surface area contributed by atoms with Gasteiger partial charge in [0.25, 0.3) is 5.91 Å². The number of carboxylic acids is 1. The normalized spacial score (nSPS) is 13.3. The zero-order valence-corrected chi connectivity index (χ0v) is 11.6. The summed E-state index contributed by atoms with van der Waals surface area (Å²) in [5.41, 5.74) is 0. The van der Waals surface area contributed by atoms with Crippen LogP contribution in [0, 0.1) is 0 Å². The fourth-order valence-electron chi connectivity index (χ4n) is 1.35. The van der Waals surface area contributed by atoms with Gasteiger partial charge < -0.3 is 20.8 Å². The topological polar surface area (TPSA) is 116 Å². The molecule has 1 aromatic heterocycles. The number of thiophene rings is 1. The summed E-state index contributed by atoms with van der Waals surface area (Å²) in [7, 11) is 0. The highest BCUT2D eigenvalue weighted by molar-refractivity contribution is 7.12. The van der Waals surface area contributed by atoms with Crippen LogP contribution in [0.25, 0.3) is 0 Å². The molecule has 1 heterocycles. The van der Waals surface area contributed by atoms with E-state index in [1.54, 1.807) is 17.5 Å². The lowest BCUT2D eigenvalue weighted by molar-refractivity contribution is -0.147. The van der Waals surface area contributed by atoms with Crippen LogP contribution in [-0.4, -0.2) is 46.7 Å². The zero-order chi connectivity index (χ0) is 15.1. The van der Waals surface area contributed by atoms with Crippen molar-refractivity contribution in [3.8, 4) is 0 Å². The molecular formula is C12H16N2O5S. The SMILES string of the molecule is CC(NC(=O)c1cccs1)C(=O)NCC[C@H](O)C(=O)O. The van der Waals surface area contributed by atoms with Gasteiger partial charge in [-0.2, -0.15) is 0 Å². The summed E-state index contributed by atoms with van der Waals surface area (Å²) in [5.74, 6) is -2.11. The number of aliphatic hydroxyl groups excluding tert-OH is 1. The molecule has 0 fully saturated rings. The van der Waals surface area contributed by atoms with E-state index in [0.29, 0.717) is 4.88 Å². The second-order valence-corrected chi connectivity index (χ2v) is 5.05. The monoisotopic (exact) mass is 300 g/mol. The van der Waals surface area contributed by atoms with E-state index in [-0.39, 0.29) is 18.9 Å². The molecular weight excluding hydrogens is 284 g/mol. The fourth-order valence-corrected chi connectivity index (χ4v) is 1.98. The molecule has 0 aromatic carbocycles. The molecule has 0 aliphatic rings. The summed E-state index contributed by atoms with van der Waals surface area (Å²) < 4.78 is 0. The van der Waals surface area contributed by atoms with E-state index in [4.69, 9.17) is 10.2 Å². The van der Waals surface area contributed by atoms with Gasteiger partial charge in [0.2, 0.25) is 5.91 Å². The first-order chi connectivity index (χ1) is 9.41. The first-order valence-electron chi connectivity index (χ1n) is 5.94.